The van der Waals surface area contributed by atoms with Crippen LogP contribution in [0.5, 0.6) is 5.75 Å². The number of carbonyl (C=O) groups excluding carboxylic acids is 2. The Kier molecular flexibility index (Phi) is 3.97. The average Bonchev–Trinajstić information content (AvgIpc) is 2.09. The van der Waals surface area contributed by atoms with Crippen LogP contribution >= 0.6 is 34.8 Å². The molecule has 15 heavy (non-hydrogen) atoms. The second kappa shape index (κ2) is 4.84. The SMILES string of the molecule is CC(=O)Oc1cc(Cl)c(Cl)cc1C(=O)Cl. The summed E-state index contributed by atoms with van der Waals surface area (Å²) in [6.07, 6.45) is 0. The van der Waals surface area contributed by atoms with Crippen molar-refractivity contribution in [2.45, 2.75) is 6.92 Å². The molecule has 1 aromatic rings. The van der Waals surface area contributed by atoms with Gasteiger partial charge in [0.25, 0.3) is 5.24 Å². The minimum Gasteiger partial charge on any atom is -0.426 e. The summed E-state index contributed by atoms with van der Waals surface area (Å²) in [4.78, 5) is 21.7. The molecule has 0 saturated heterocycles. The van der Waals surface area contributed by atoms with E-state index >= 15 is 0 Å². The zero-order valence-electron chi connectivity index (χ0n) is 7.51. The summed E-state index contributed by atoms with van der Waals surface area (Å²) in [5.74, 6) is -0.579. The summed E-state index contributed by atoms with van der Waals surface area (Å²) in [6, 6.07) is 2.51. The van der Waals surface area contributed by atoms with E-state index in [0.29, 0.717) is 0 Å². The molecule has 0 heterocycles. The van der Waals surface area contributed by atoms with E-state index in [0.717, 1.165) is 0 Å². The summed E-state index contributed by atoms with van der Waals surface area (Å²) in [7, 11) is 0. The van der Waals surface area contributed by atoms with Gasteiger partial charge in [0, 0.05) is 13.0 Å². The van der Waals surface area contributed by atoms with Crippen LogP contribution in [0.2, 0.25) is 10.0 Å². The van der Waals surface area contributed by atoms with Crippen molar-refractivity contribution in [3.05, 3.63) is 27.7 Å². The minimum absolute atomic E-state index is 0.00117. The summed E-state index contributed by atoms with van der Waals surface area (Å²) in [6.45, 7) is 1.20. The predicted molar refractivity (Wildman–Crippen MR) is 58.0 cm³/mol. The Balaban J connectivity index is 3.28. The average molecular weight is 267 g/mol. The fourth-order valence-electron chi connectivity index (χ4n) is 0.921. The quantitative estimate of drug-likeness (QED) is 0.469. The Labute approximate surface area is 101 Å². The standard InChI is InChI=1S/C9H5Cl3O3/c1-4(13)15-8-3-7(11)6(10)2-5(8)9(12)14/h2-3H,1H3. The summed E-state index contributed by atoms with van der Waals surface area (Å²) < 4.78 is 4.76. The molecule has 1 rings (SSSR count). The lowest BCUT2D eigenvalue weighted by atomic mass is 10.2. The third-order valence-corrected chi connectivity index (χ3v) is 2.41. The highest BCUT2D eigenvalue weighted by atomic mass is 35.5. The van der Waals surface area contributed by atoms with Crippen LogP contribution in [0.15, 0.2) is 12.1 Å². The van der Waals surface area contributed by atoms with Crippen molar-refractivity contribution in [3.8, 4) is 5.75 Å². The van der Waals surface area contributed by atoms with E-state index in [4.69, 9.17) is 39.5 Å². The number of ether oxygens (including phenoxy) is 1. The largest absolute Gasteiger partial charge is 0.426 e. The molecule has 0 aliphatic heterocycles. The molecule has 1 aromatic carbocycles. The normalized spacial score (nSPS) is 9.87. The fourth-order valence-corrected chi connectivity index (χ4v) is 1.39. The molecule has 0 saturated carbocycles. The van der Waals surface area contributed by atoms with Crippen molar-refractivity contribution in [3.63, 3.8) is 0 Å². The molecule has 0 N–H and O–H groups in total. The van der Waals surface area contributed by atoms with E-state index in [-0.39, 0.29) is 21.4 Å². The van der Waals surface area contributed by atoms with Gasteiger partial charge in [0.15, 0.2) is 0 Å². The first-order valence-electron chi connectivity index (χ1n) is 3.79. The summed E-state index contributed by atoms with van der Waals surface area (Å²) >= 11 is 16.7. The van der Waals surface area contributed by atoms with E-state index in [1.54, 1.807) is 0 Å². The van der Waals surface area contributed by atoms with Crippen LogP contribution in [-0.2, 0) is 4.79 Å². The van der Waals surface area contributed by atoms with Gasteiger partial charge >= 0.3 is 5.97 Å². The van der Waals surface area contributed by atoms with E-state index in [9.17, 15) is 9.59 Å². The molecule has 0 amide bonds. The van der Waals surface area contributed by atoms with Crippen molar-refractivity contribution < 1.29 is 14.3 Å². The van der Waals surface area contributed by atoms with Gasteiger partial charge in [-0.3, -0.25) is 9.59 Å². The van der Waals surface area contributed by atoms with Gasteiger partial charge in [0.1, 0.15) is 5.75 Å². The van der Waals surface area contributed by atoms with Crippen LogP contribution in [0.25, 0.3) is 0 Å². The Bertz CT molecular complexity index is 429. The Morgan fingerprint density at radius 3 is 2.20 bits per heavy atom. The lowest BCUT2D eigenvalue weighted by molar-refractivity contribution is -0.131. The van der Waals surface area contributed by atoms with E-state index in [1.165, 1.54) is 19.1 Å². The maximum absolute atomic E-state index is 11.0. The van der Waals surface area contributed by atoms with Gasteiger partial charge in [-0.1, -0.05) is 23.2 Å². The van der Waals surface area contributed by atoms with Crippen LogP contribution < -0.4 is 4.74 Å². The van der Waals surface area contributed by atoms with Gasteiger partial charge in [0.2, 0.25) is 0 Å². The molecule has 0 unspecified atom stereocenters. The number of benzene rings is 1. The third kappa shape index (κ3) is 3.09. The first kappa shape index (κ1) is 12.3. The number of rotatable bonds is 2. The first-order valence-corrected chi connectivity index (χ1v) is 4.92. The lowest BCUT2D eigenvalue weighted by Crippen LogP contribution is -2.05. The first-order chi connectivity index (χ1) is 6.91. The molecule has 0 bridgehead atoms. The molecule has 0 aliphatic rings. The van der Waals surface area contributed by atoms with Gasteiger partial charge in [-0.2, -0.15) is 0 Å². The number of esters is 1. The van der Waals surface area contributed by atoms with Gasteiger partial charge in [0.05, 0.1) is 15.6 Å². The van der Waals surface area contributed by atoms with Crippen LogP contribution in [0.1, 0.15) is 17.3 Å². The zero-order chi connectivity index (χ0) is 11.6. The second-order valence-corrected chi connectivity index (χ2v) is 3.79. The van der Waals surface area contributed by atoms with Gasteiger partial charge in [-0.25, -0.2) is 0 Å². The van der Waals surface area contributed by atoms with E-state index < -0.39 is 11.2 Å². The second-order valence-electron chi connectivity index (χ2n) is 2.63. The smallest absolute Gasteiger partial charge is 0.308 e. The Hall–Kier alpha value is -0.770. The minimum atomic E-state index is -0.773. The number of carbonyl (C=O) groups is 2. The summed E-state index contributed by atoms with van der Waals surface area (Å²) in [5, 5.41) is -0.434. The summed E-state index contributed by atoms with van der Waals surface area (Å²) in [5.41, 5.74) is 0.00117. The van der Waals surface area contributed by atoms with Crippen molar-refractivity contribution in [1.82, 2.24) is 0 Å². The molecular formula is C9H5Cl3O3. The Morgan fingerprint density at radius 2 is 1.73 bits per heavy atom. The number of hydrogen-bond acceptors (Lipinski definition) is 3. The molecule has 0 radical (unpaired) electrons. The van der Waals surface area contributed by atoms with Gasteiger partial charge in [-0.05, 0) is 17.7 Å². The molecular weight excluding hydrogens is 262 g/mol. The van der Waals surface area contributed by atoms with Crippen LogP contribution in [0.4, 0.5) is 0 Å². The van der Waals surface area contributed by atoms with Crippen LogP contribution in [-0.4, -0.2) is 11.2 Å². The molecule has 0 spiro atoms. The predicted octanol–water partition coefficient (Wildman–Crippen LogP) is 3.30. The van der Waals surface area contributed by atoms with Crippen LogP contribution in [0, 0.1) is 0 Å². The fraction of sp³-hybridized carbons (Fsp3) is 0.111. The van der Waals surface area contributed by atoms with E-state index in [1.807, 2.05) is 0 Å². The van der Waals surface area contributed by atoms with Gasteiger partial charge in [-0.15, -0.1) is 0 Å². The zero-order valence-corrected chi connectivity index (χ0v) is 9.78. The van der Waals surface area contributed by atoms with E-state index in [2.05, 4.69) is 0 Å². The molecule has 80 valence electrons. The van der Waals surface area contributed by atoms with Crippen molar-refractivity contribution in [2.75, 3.05) is 0 Å². The number of hydrogen-bond donors (Lipinski definition) is 0. The third-order valence-electron chi connectivity index (χ3n) is 1.49. The highest BCUT2D eigenvalue weighted by Gasteiger charge is 2.15. The molecule has 0 aromatic heterocycles. The molecule has 0 atom stereocenters. The maximum atomic E-state index is 11.0. The lowest BCUT2D eigenvalue weighted by Gasteiger charge is -2.07. The van der Waals surface area contributed by atoms with Gasteiger partial charge < -0.3 is 4.74 Å². The number of halogens is 3. The van der Waals surface area contributed by atoms with Crippen LogP contribution in [0.3, 0.4) is 0 Å². The topological polar surface area (TPSA) is 43.4 Å². The molecule has 0 fully saturated rings. The van der Waals surface area contributed by atoms with Crippen molar-refractivity contribution in [2.24, 2.45) is 0 Å². The van der Waals surface area contributed by atoms with Crippen molar-refractivity contribution >= 4 is 46.0 Å². The highest BCUT2D eigenvalue weighted by molar-refractivity contribution is 6.68. The highest BCUT2D eigenvalue weighted by Crippen LogP contribution is 2.31. The molecule has 0 aliphatic carbocycles. The van der Waals surface area contributed by atoms with Crippen molar-refractivity contribution in [1.29, 1.82) is 0 Å². The molecule has 3 nitrogen and oxygen atoms in total. The molecule has 6 heteroatoms. The Morgan fingerprint density at radius 1 is 1.20 bits per heavy atom. The monoisotopic (exact) mass is 266 g/mol. The maximum Gasteiger partial charge on any atom is 0.308 e.